The van der Waals surface area contributed by atoms with E-state index in [1.165, 1.54) is 0 Å². The quantitative estimate of drug-likeness (QED) is 0.829. The molecule has 0 heterocycles. The van der Waals surface area contributed by atoms with Crippen molar-refractivity contribution in [1.29, 1.82) is 0 Å². The van der Waals surface area contributed by atoms with E-state index in [4.69, 9.17) is 5.73 Å². The second kappa shape index (κ2) is 6.50. The minimum absolute atomic E-state index is 0.119. The average Bonchev–Trinajstić information content (AvgIpc) is 2.37. The number of halogens is 2. The van der Waals surface area contributed by atoms with Gasteiger partial charge in [0.05, 0.1) is 0 Å². The van der Waals surface area contributed by atoms with Crippen LogP contribution in [0.4, 0.5) is 14.5 Å². The third-order valence-electron chi connectivity index (χ3n) is 3.60. The number of hydrogen-bond donors (Lipinski definition) is 2. The highest BCUT2D eigenvalue weighted by Crippen LogP contribution is 2.29. The molecule has 0 radical (unpaired) electrons. The molecule has 0 aromatic heterocycles. The molecule has 0 amide bonds. The maximum absolute atomic E-state index is 13.8. The van der Waals surface area contributed by atoms with Gasteiger partial charge in [0.25, 0.3) is 0 Å². The average molecular weight is 336 g/mol. The SMILES string of the molecule is CSC1CCCCC1NS(=O)(=O)c1c(F)cc(N)cc1F. The zero-order valence-electron chi connectivity index (χ0n) is 11.6. The first-order valence-electron chi connectivity index (χ1n) is 6.65. The Morgan fingerprint density at radius 3 is 2.38 bits per heavy atom. The highest BCUT2D eigenvalue weighted by molar-refractivity contribution is 7.99. The summed E-state index contributed by atoms with van der Waals surface area (Å²) in [4.78, 5) is -0.956. The van der Waals surface area contributed by atoms with Crippen molar-refractivity contribution in [2.24, 2.45) is 0 Å². The van der Waals surface area contributed by atoms with Crippen LogP contribution in [0.15, 0.2) is 17.0 Å². The molecule has 1 fully saturated rings. The van der Waals surface area contributed by atoms with Gasteiger partial charge < -0.3 is 5.73 Å². The van der Waals surface area contributed by atoms with Crippen molar-refractivity contribution >= 4 is 27.5 Å². The van der Waals surface area contributed by atoms with Crippen LogP contribution in [0.25, 0.3) is 0 Å². The Morgan fingerprint density at radius 2 is 1.81 bits per heavy atom. The lowest BCUT2D eigenvalue weighted by molar-refractivity contribution is 0.420. The Labute approximate surface area is 127 Å². The number of anilines is 1. The maximum Gasteiger partial charge on any atom is 0.246 e. The molecular weight excluding hydrogens is 318 g/mol. The first-order chi connectivity index (χ1) is 9.85. The lowest BCUT2D eigenvalue weighted by atomic mass is 9.96. The molecule has 1 aromatic carbocycles. The molecule has 2 unspecified atom stereocenters. The standard InChI is InChI=1S/C13H18F2N2O2S2/c1-20-12-5-3-2-4-11(12)17-21(18,19)13-9(14)6-8(16)7-10(13)15/h6-7,11-12,17H,2-5,16H2,1H3. The highest BCUT2D eigenvalue weighted by atomic mass is 32.2. The number of benzene rings is 1. The lowest BCUT2D eigenvalue weighted by Gasteiger charge is -2.30. The number of sulfonamides is 1. The van der Waals surface area contributed by atoms with Gasteiger partial charge >= 0.3 is 0 Å². The van der Waals surface area contributed by atoms with E-state index in [0.717, 1.165) is 31.4 Å². The Morgan fingerprint density at radius 1 is 1.24 bits per heavy atom. The molecule has 1 aromatic rings. The summed E-state index contributed by atoms with van der Waals surface area (Å²) in [5.41, 5.74) is 5.15. The fraction of sp³-hybridized carbons (Fsp3) is 0.538. The van der Waals surface area contributed by atoms with E-state index < -0.39 is 26.6 Å². The zero-order valence-corrected chi connectivity index (χ0v) is 13.2. The summed E-state index contributed by atoms with van der Waals surface area (Å²) in [6.45, 7) is 0. The van der Waals surface area contributed by atoms with Crippen molar-refractivity contribution in [3.05, 3.63) is 23.8 Å². The van der Waals surface area contributed by atoms with Gasteiger partial charge in [0.2, 0.25) is 10.0 Å². The normalized spacial score (nSPS) is 23.2. The zero-order chi connectivity index (χ0) is 15.6. The molecule has 21 heavy (non-hydrogen) atoms. The molecule has 0 bridgehead atoms. The number of nitrogen functional groups attached to an aromatic ring is 1. The predicted octanol–water partition coefficient (Wildman–Crippen LogP) is 2.50. The van der Waals surface area contributed by atoms with E-state index in [9.17, 15) is 17.2 Å². The van der Waals surface area contributed by atoms with Crippen molar-refractivity contribution in [2.75, 3.05) is 12.0 Å². The summed E-state index contributed by atoms with van der Waals surface area (Å²) >= 11 is 1.57. The molecule has 1 aliphatic carbocycles. The largest absolute Gasteiger partial charge is 0.399 e. The van der Waals surface area contributed by atoms with Gasteiger partial charge in [0, 0.05) is 17.0 Å². The van der Waals surface area contributed by atoms with Crippen LogP contribution in [0.2, 0.25) is 0 Å². The highest BCUT2D eigenvalue weighted by Gasteiger charge is 2.32. The number of nitrogens with one attached hydrogen (secondary N) is 1. The van der Waals surface area contributed by atoms with E-state index in [1.807, 2.05) is 6.26 Å². The fourth-order valence-electron chi connectivity index (χ4n) is 2.61. The van der Waals surface area contributed by atoms with Crippen LogP contribution in [0.3, 0.4) is 0 Å². The van der Waals surface area contributed by atoms with Crippen LogP contribution in [-0.2, 0) is 10.0 Å². The first kappa shape index (κ1) is 16.5. The summed E-state index contributed by atoms with van der Waals surface area (Å²) in [6.07, 6.45) is 5.40. The number of thioether (sulfide) groups is 1. The van der Waals surface area contributed by atoms with E-state index in [-0.39, 0.29) is 17.0 Å². The molecule has 1 saturated carbocycles. The third-order valence-corrected chi connectivity index (χ3v) is 6.31. The summed E-state index contributed by atoms with van der Waals surface area (Å²) in [6, 6.07) is 1.31. The first-order valence-corrected chi connectivity index (χ1v) is 9.42. The summed E-state index contributed by atoms with van der Waals surface area (Å²) in [7, 11) is -4.25. The van der Waals surface area contributed by atoms with E-state index in [1.54, 1.807) is 11.8 Å². The molecule has 2 rings (SSSR count). The molecule has 4 nitrogen and oxygen atoms in total. The van der Waals surface area contributed by atoms with Gasteiger partial charge in [-0.3, -0.25) is 0 Å². The van der Waals surface area contributed by atoms with Gasteiger partial charge in [0.1, 0.15) is 11.6 Å². The molecule has 1 aliphatic rings. The Balaban J connectivity index is 2.30. The van der Waals surface area contributed by atoms with Gasteiger partial charge in [0.15, 0.2) is 4.90 Å². The second-order valence-corrected chi connectivity index (χ2v) is 7.83. The number of rotatable bonds is 4. The minimum atomic E-state index is -4.25. The third kappa shape index (κ3) is 3.67. The molecular formula is C13H18F2N2O2S2. The monoisotopic (exact) mass is 336 g/mol. The van der Waals surface area contributed by atoms with Crippen LogP contribution in [0.5, 0.6) is 0 Å². The topological polar surface area (TPSA) is 72.2 Å². The van der Waals surface area contributed by atoms with Crippen molar-refractivity contribution in [3.63, 3.8) is 0 Å². The van der Waals surface area contributed by atoms with E-state index in [0.29, 0.717) is 6.42 Å². The Bertz CT molecular complexity index is 600. The number of hydrogen-bond acceptors (Lipinski definition) is 4. The maximum atomic E-state index is 13.8. The van der Waals surface area contributed by atoms with Crippen LogP contribution >= 0.6 is 11.8 Å². The summed E-state index contributed by atoms with van der Waals surface area (Å²) in [5, 5.41) is 0.119. The minimum Gasteiger partial charge on any atom is -0.399 e. The molecule has 0 saturated heterocycles. The van der Waals surface area contributed by atoms with E-state index in [2.05, 4.69) is 4.72 Å². The van der Waals surface area contributed by atoms with Crippen molar-refractivity contribution in [1.82, 2.24) is 4.72 Å². The molecule has 0 aliphatic heterocycles. The van der Waals surface area contributed by atoms with Crippen LogP contribution in [-0.4, -0.2) is 26.0 Å². The Kier molecular flexibility index (Phi) is 5.11. The van der Waals surface area contributed by atoms with Crippen molar-refractivity contribution < 1.29 is 17.2 Å². The van der Waals surface area contributed by atoms with E-state index >= 15 is 0 Å². The van der Waals surface area contributed by atoms with Gasteiger partial charge in [-0.2, -0.15) is 11.8 Å². The molecule has 3 N–H and O–H groups in total. The fourth-order valence-corrected chi connectivity index (χ4v) is 5.06. The molecule has 118 valence electrons. The van der Waals surface area contributed by atoms with Gasteiger partial charge in [-0.1, -0.05) is 12.8 Å². The smallest absolute Gasteiger partial charge is 0.246 e. The second-order valence-electron chi connectivity index (χ2n) is 5.10. The van der Waals surface area contributed by atoms with Gasteiger partial charge in [-0.05, 0) is 31.2 Å². The number of nitrogens with two attached hydrogens (primary N) is 1. The van der Waals surface area contributed by atoms with Gasteiger partial charge in [-0.25, -0.2) is 21.9 Å². The lowest BCUT2D eigenvalue weighted by Crippen LogP contribution is -2.44. The van der Waals surface area contributed by atoms with Gasteiger partial charge in [-0.15, -0.1) is 0 Å². The Hall–Kier alpha value is -0.860. The summed E-state index contributed by atoms with van der Waals surface area (Å²) < 4.78 is 54.6. The van der Waals surface area contributed by atoms with Crippen molar-refractivity contribution in [2.45, 2.75) is 41.9 Å². The van der Waals surface area contributed by atoms with Crippen LogP contribution < -0.4 is 10.5 Å². The van der Waals surface area contributed by atoms with Crippen LogP contribution in [0.1, 0.15) is 25.7 Å². The summed E-state index contributed by atoms with van der Waals surface area (Å²) in [5.74, 6) is -2.34. The molecule has 8 heteroatoms. The van der Waals surface area contributed by atoms with Crippen LogP contribution in [0, 0.1) is 11.6 Å². The predicted molar refractivity (Wildman–Crippen MR) is 80.7 cm³/mol. The van der Waals surface area contributed by atoms with Crippen molar-refractivity contribution in [3.8, 4) is 0 Å². The molecule has 2 atom stereocenters. The molecule has 0 spiro atoms.